The molecule has 0 amide bonds. The van der Waals surface area contributed by atoms with Gasteiger partial charge in [-0.3, -0.25) is 10.1 Å². The van der Waals surface area contributed by atoms with Crippen LogP contribution >= 0.6 is 11.6 Å². The van der Waals surface area contributed by atoms with Crippen molar-refractivity contribution in [3.8, 4) is 0 Å². The Labute approximate surface area is 102 Å². The van der Waals surface area contributed by atoms with Gasteiger partial charge in [0.1, 0.15) is 11.5 Å². The number of nitrogens with zero attached hydrogens (tertiary/aromatic N) is 2. The molecule has 1 aliphatic heterocycles. The minimum Gasteiger partial charge on any atom is -0.363 e. The van der Waals surface area contributed by atoms with E-state index in [0.29, 0.717) is 0 Å². The number of nitro groups is 1. The van der Waals surface area contributed by atoms with Crippen LogP contribution in [-0.2, 0) is 0 Å². The molecule has 0 radical (unpaired) electrons. The molecule has 0 unspecified atom stereocenters. The Kier molecular flexibility index (Phi) is 3.17. The van der Waals surface area contributed by atoms with Crippen LogP contribution in [0.4, 0.5) is 15.8 Å². The van der Waals surface area contributed by atoms with E-state index in [4.69, 9.17) is 11.6 Å². The van der Waals surface area contributed by atoms with Crippen LogP contribution in [0.1, 0.15) is 0 Å². The first kappa shape index (κ1) is 12.1. The van der Waals surface area contributed by atoms with E-state index in [1.54, 1.807) is 11.9 Å². The van der Waals surface area contributed by atoms with Crippen LogP contribution in [0.5, 0.6) is 0 Å². The molecule has 92 valence electrons. The Hall–Kier alpha value is -1.40. The number of likely N-dealkylation sites (N-methyl/N-ethyl adjacent to an activating group) is 1. The van der Waals surface area contributed by atoms with Gasteiger partial charge in [0, 0.05) is 32.3 Å². The maximum absolute atomic E-state index is 13.4. The van der Waals surface area contributed by atoms with Crippen molar-refractivity contribution in [2.75, 3.05) is 25.0 Å². The molecule has 1 aromatic rings. The first-order chi connectivity index (χ1) is 8.00. The molecule has 5 nitrogen and oxygen atoms in total. The van der Waals surface area contributed by atoms with E-state index >= 15 is 0 Å². The van der Waals surface area contributed by atoms with E-state index in [1.807, 2.05) is 0 Å². The summed E-state index contributed by atoms with van der Waals surface area (Å²) < 4.78 is 13.4. The number of nitro benzene ring substituents is 1. The number of rotatable bonds is 3. The average Bonchev–Trinajstić information content (AvgIpc) is 2.18. The normalized spacial score (nSPS) is 15.5. The van der Waals surface area contributed by atoms with E-state index in [2.05, 4.69) is 5.32 Å². The largest absolute Gasteiger partial charge is 0.363 e. The zero-order valence-corrected chi connectivity index (χ0v) is 9.87. The van der Waals surface area contributed by atoms with Crippen molar-refractivity contribution in [2.45, 2.75) is 6.04 Å². The number of benzene rings is 1. The van der Waals surface area contributed by atoms with Gasteiger partial charge in [-0.05, 0) is 0 Å². The van der Waals surface area contributed by atoms with Crippen LogP contribution in [0.15, 0.2) is 12.1 Å². The molecule has 1 fully saturated rings. The van der Waals surface area contributed by atoms with Gasteiger partial charge in [0.15, 0.2) is 0 Å². The molecule has 0 spiro atoms. The topological polar surface area (TPSA) is 58.4 Å². The highest BCUT2D eigenvalue weighted by atomic mass is 35.5. The quantitative estimate of drug-likeness (QED) is 0.664. The van der Waals surface area contributed by atoms with Gasteiger partial charge >= 0.3 is 0 Å². The van der Waals surface area contributed by atoms with Crippen LogP contribution in [0.2, 0.25) is 5.02 Å². The first-order valence-electron chi connectivity index (χ1n) is 5.07. The lowest BCUT2D eigenvalue weighted by Crippen LogP contribution is -2.56. The van der Waals surface area contributed by atoms with Gasteiger partial charge < -0.3 is 10.2 Å². The third-order valence-corrected chi connectivity index (χ3v) is 3.19. The van der Waals surface area contributed by atoms with E-state index in [1.165, 1.54) is 0 Å². The highest BCUT2D eigenvalue weighted by Crippen LogP contribution is 2.33. The van der Waals surface area contributed by atoms with Crippen LogP contribution in [-0.4, -0.2) is 31.1 Å². The second-order valence-electron chi connectivity index (χ2n) is 3.94. The highest BCUT2D eigenvalue weighted by Gasteiger charge is 2.28. The number of halogens is 2. The van der Waals surface area contributed by atoms with Crippen molar-refractivity contribution in [1.82, 2.24) is 5.32 Å². The molecule has 0 aliphatic carbocycles. The molecule has 2 rings (SSSR count). The summed E-state index contributed by atoms with van der Waals surface area (Å²) in [7, 11) is 1.71. The zero-order chi connectivity index (χ0) is 12.6. The Morgan fingerprint density at radius 2 is 2.24 bits per heavy atom. The summed E-state index contributed by atoms with van der Waals surface area (Å²) in [5, 5.41) is 13.7. The average molecular weight is 260 g/mol. The van der Waals surface area contributed by atoms with E-state index in [0.717, 1.165) is 25.2 Å². The molecule has 1 aromatic carbocycles. The SMILES string of the molecule is CN(c1cc(F)c(Cl)cc1[N+](=O)[O-])C1CNC1. The van der Waals surface area contributed by atoms with Gasteiger partial charge in [-0.2, -0.15) is 0 Å². The molecule has 1 heterocycles. The van der Waals surface area contributed by atoms with Crippen LogP contribution in [0.25, 0.3) is 0 Å². The van der Waals surface area contributed by atoms with Gasteiger partial charge in [-0.1, -0.05) is 11.6 Å². The molecule has 0 bridgehead atoms. The Balaban J connectivity index is 2.42. The molecule has 0 aromatic heterocycles. The lowest BCUT2D eigenvalue weighted by Gasteiger charge is -2.36. The molecule has 1 aliphatic rings. The number of hydrogen-bond acceptors (Lipinski definition) is 4. The summed E-state index contributed by atoms with van der Waals surface area (Å²) in [6, 6.07) is 2.31. The Bertz CT molecular complexity index is 465. The number of nitrogens with one attached hydrogen (secondary N) is 1. The first-order valence-corrected chi connectivity index (χ1v) is 5.45. The van der Waals surface area contributed by atoms with Crippen molar-refractivity contribution in [3.63, 3.8) is 0 Å². The molecular formula is C10H11ClFN3O2. The summed E-state index contributed by atoms with van der Waals surface area (Å²) in [6.07, 6.45) is 0. The second-order valence-corrected chi connectivity index (χ2v) is 4.34. The van der Waals surface area contributed by atoms with Crippen LogP contribution in [0, 0.1) is 15.9 Å². The predicted octanol–water partition coefficient (Wildman–Crippen LogP) is 1.80. The van der Waals surface area contributed by atoms with Crippen LogP contribution in [0.3, 0.4) is 0 Å². The third kappa shape index (κ3) is 2.18. The molecular weight excluding hydrogens is 249 g/mol. The minimum atomic E-state index is -0.647. The van der Waals surface area contributed by atoms with Crippen molar-refractivity contribution >= 4 is 23.0 Å². The van der Waals surface area contributed by atoms with Crippen molar-refractivity contribution < 1.29 is 9.31 Å². The van der Waals surface area contributed by atoms with E-state index in [9.17, 15) is 14.5 Å². The molecule has 1 saturated heterocycles. The van der Waals surface area contributed by atoms with Crippen LogP contribution < -0.4 is 10.2 Å². The fourth-order valence-electron chi connectivity index (χ4n) is 1.70. The summed E-state index contributed by atoms with van der Waals surface area (Å²) in [4.78, 5) is 12.1. The third-order valence-electron chi connectivity index (χ3n) is 2.90. The maximum Gasteiger partial charge on any atom is 0.294 e. The lowest BCUT2D eigenvalue weighted by atomic mass is 10.1. The Morgan fingerprint density at radius 1 is 1.59 bits per heavy atom. The van der Waals surface area contributed by atoms with Crippen molar-refractivity contribution in [1.29, 1.82) is 0 Å². The van der Waals surface area contributed by atoms with Gasteiger partial charge in [-0.15, -0.1) is 0 Å². The monoisotopic (exact) mass is 259 g/mol. The summed E-state index contributed by atoms with van der Waals surface area (Å²) in [5.41, 5.74) is 0.0780. The lowest BCUT2D eigenvalue weighted by molar-refractivity contribution is -0.384. The van der Waals surface area contributed by atoms with Crippen molar-refractivity contribution in [2.24, 2.45) is 0 Å². The number of anilines is 1. The highest BCUT2D eigenvalue weighted by molar-refractivity contribution is 6.31. The molecule has 0 atom stereocenters. The summed E-state index contributed by atoms with van der Waals surface area (Å²) >= 11 is 5.55. The smallest absolute Gasteiger partial charge is 0.294 e. The molecule has 0 saturated carbocycles. The maximum atomic E-state index is 13.4. The Morgan fingerprint density at radius 3 is 2.71 bits per heavy atom. The van der Waals surface area contributed by atoms with Gasteiger partial charge in [0.2, 0.25) is 0 Å². The minimum absolute atomic E-state index is 0.147. The van der Waals surface area contributed by atoms with Gasteiger partial charge in [0.05, 0.1) is 16.0 Å². The van der Waals surface area contributed by atoms with Crippen molar-refractivity contribution in [3.05, 3.63) is 33.1 Å². The fourth-order valence-corrected chi connectivity index (χ4v) is 1.86. The van der Waals surface area contributed by atoms with E-state index < -0.39 is 10.7 Å². The molecule has 1 N–H and O–H groups in total. The van der Waals surface area contributed by atoms with E-state index in [-0.39, 0.29) is 22.4 Å². The molecule has 7 heteroatoms. The predicted molar refractivity (Wildman–Crippen MR) is 63.1 cm³/mol. The zero-order valence-electron chi connectivity index (χ0n) is 9.11. The van der Waals surface area contributed by atoms with Gasteiger partial charge in [-0.25, -0.2) is 4.39 Å². The second kappa shape index (κ2) is 4.46. The standard InChI is InChI=1S/C10H11ClFN3O2/c1-14(6-4-13-5-6)9-3-8(12)7(11)2-10(9)15(16)17/h2-3,6,13H,4-5H2,1H3. The summed E-state index contributed by atoms with van der Waals surface area (Å²) in [6.45, 7) is 1.47. The summed E-state index contributed by atoms with van der Waals surface area (Å²) in [5.74, 6) is -0.647. The van der Waals surface area contributed by atoms with Gasteiger partial charge in [0.25, 0.3) is 5.69 Å². The number of hydrogen-bond donors (Lipinski definition) is 1. The fraction of sp³-hybridized carbons (Fsp3) is 0.400. The molecule has 17 heavy (non-hydrogen) atoms.